The first kappa shape index (κ1) is 14.6. The fraction of sp³-hybridized carbons (Fsp3) is 0.154. The normalized spacial score (nSPS) is 10.5. The van der Waals surface area contributed by atoms with Crippen LogP contribution in [0.4, 0.5) is 0 Å². The Bertz CT molecular complexity index is 614. The van der Waals surface area contributed by atoms with Crippen molar-refractivity contribution in [3.8, 4) is 5.75 Å². The van der Waals surface area contributed by atoms with Gasteiger partial charge in [-0.05, 0) is 52.9 Å². The molecule has 0 aliphatic heterocycles. The Labute approximate surface area is 134 Å². The molecule has 3 nitrogen and oxygen atoms in total. The fourth-order valence-electron chi connectivity index (χ4n) is 1.63. The third-order valence-corrected chi connectivity index (χ3v) is 4.44. The van der Waals surface area contributed by atoms with E-state index in [0.717, 1.165) is 8.45 Å². The summed E-state index contributed by atoms with van der Waals surface area (Å²) >= 11 is 9.41. The van der Waals surface area contributed by atoms with E-state index in [2.05, 4.69) is 22.6 Å². The number of carbonyl (C=O) groups is 1. The number of hydrogen-bond acceptors (Lipinski definition) is 3. The molecule has 0 radical (unpaired) electrons. The van der Waals surface area contributed by atoms with E-state index in [4.69, 9.17) is 11.6 Å². The van der Waals surface area contributed by atoms with E-state index < -0.39 is 0 Å². The molecule has 1 N–H and O–H groups in total. The SMILES string of the molecule is CN(Cc1ccc(Cl)s1)C(=O)c1cc(I)ccc1O. The molecular formula is C13H11ClINO2S. The number of benzene rings is 1. The van der Waals surface area contributed by atoms with E-state index >= 15 is 0 Å². The van der Waals surface area contributed by atoms with Gasteiger partial charge in [0.05, 0.1) is 16.4 Å². The lowest BCUT2D eigenvalue weighted by Gasteiger charge is -2.17. The van der Waals surface area contributed by atoms with Gasteiger partial charge in [-0.3, -0.25) is 4.79 Å². The van der Waals surface area contributed by atoms with Crippen molar-refractivity contribution in [3.63, 3.8) is 0 Å². The zero-order valence-corrected chi connectivity index (χ0v) is 13.8. The highest BCUT2D eigenvalue weighted by atomic mass is 127. The highest BCUT2D eigenvalue weighted by Crippen LogP contribution is 2.25. The molecule has 2 aromatic rings. The van der Waals surface area contributed by atoms with Crippen molar-refractivity contribution in [1.82, 2.24) is 4.90 Å². The van der Waals surface area contributed by atoms with E-state index in [-0.39, 0.29) is 11.7 Å². The Kier molecular flexibility index (Phi) is 4.70. The number of phenols is 1. The molecule has 1 aromatic heterocycles. The van der Waals surface area contributed by atoms with Crippen LogP contribution in [0.3, 0.4) is 0 Å². The summed E-state index contributed by atoms with van der Waals surface area (Å²) in [4.78, 5) is 14.8. The van der Waals surface area contributed by atoms with Gasteiger partial charge in [0.2, 0.25) is 0 Å². The lowest BCUT2D eigenvalue weighted by atomic mass is 10.2. The summed E-state index contributed by atoms with van der Waals surface area (Å²) < 4.78 is 1.61. The summed E-state index contributed by atoms with van der Waals surface area (Å²) in [5.41, 5.74) is 0.317. The van der Waals surface area contributed by atoms with Crippen LogP contribution in [0, 0.1) is 3.57 Å². The van der Waals surface area contributed by atoms with Gasteiger partial charge in [0.15, 0.2) is 0 Å². The molecule has 0 aliphatic carbocycles. The molecule has 1 heterocycles. The van der Waals surface area contributed by atoms with Crippen LogP contribution in [0.2, 0.25) is 4.34 Å². The summed E-state index contributed by atoms with van der Waals surface area (Å²) in [6, 6.07) is 8.67. The van der Waals surface area contributed by atoms with Gasteiger partial charge in [0.1, 0.15) is 5.75 Å². The van der Waals surface area contributed by atoms with E-state index in [1.165, 1.54) is 17.4 Å². The van der Waals surface area contributed by atoms with Gasteiger partial charge >= 0.3 is 0 Å². The average Bonchev–Trinajstić information content (AvgIpc) is 2.77. The number of thiophene rings is 1. The van der Waals surface area contributed by atoms with Crippen molar-refractivity contribution in [1.29, 1.82) is 0 Å². The predicted molar refractivity (Wildman–Crippen MR) is 86.0 cm³/mol. The minimum absolute atomic E-state index is 0.00137. The van der Waals surface area contributed by atoms with E-state index in [1.54, 1.807) is 24.1 Å². The highest BCUT2D eigenvalue weighted by Gasteiger charge is 2.17. The van der Waals surface area contributed by atoms with Crippen LogP contribution >= 0.6 is 45.5 Å². The first-order valence-corrected chi connectivity index (χ1v) is 7.73. The second kappa shape index (κ2) is 6.11. The monoisotopic (exact) mass is 407 g/mol. The zero-order valence-electron chi connectivity index (χ0n) is 10.1. The smallest absolute Gasteiger partial charge is 0.257 e. The van der Waals surface area contributed by atoms with Gasteiger partial charge in [-0.1, -0.05) is 11.6 Å². The minimum Gasteiger partial charge on any atom is -0.507 e. The number of carbonyl (C=O) groups excluding carboxylic acids is 1. The van der Waals surface area contributed by atoms with Crippen molar-refractivity contribution in [2.24, 2.45) is 0 Å². The maximum Gasteiger partial charge on any atom is 0.257 e. The van der Waals surface area contributed by atoms with Gasteiger partial charge in [-0.25, -0.2) is 0 Å². The summed E-state index contributed by atoms with van der Waals surface area (Å²) in [6.07, 6.45) is 0. The summed E-state index contributed by atoms with van der Waals surface area (Å²) in [5.74, 6) is -0.206. The number of nitrogens with zero attached hydrogens (tertiary/aromatic N) is 1. The lowest BCUT2D eigenvalue weighted by molar-refractivity contribution is 0.0783. The molecule has 0 bridgehead atoms. The Morgan fingerprint density at radius 1 is 1.42 bits per heavy atom. The number of rotatable bonds is 3. The number of hydrogen-bond donors (Lipinski definition) is 1. The molecule has 1 aromatic carbocycles. The number of halogens is 2. The van der Waals surface area contributed by atoms with E-state index in [9.17, 15) is 9.90 Å². The molecule has 0 fully saturated rings. The van der Waals surface area contributed by atoms with Crippen LogP contribution in [-0.4, -0.2) is 23.0 Å². The fourth-order valence-corrected chi connectivity index (χ4v) is 3.26. The van der Waals surface area contributed by atoms with Crippen LogP contribution < -0.4 is 0 Å². The molecule has 0 atom stereocenters. The second-order valence-corrected chi connectivity index (χ2v) is 7.07. The van der Waals surface area contributed by atoms with Gasteiger partial charge in [0.25, 0.3) is 5.91 Å². The molecule has 0 saturated heterocycles. The number of amides is 1. The first-order chi connectivity index (χ1) is 8.97. The molecule has 2 rings (SSSR count). The number of phenolic OH excluding ortho intramolecular Hbond substituents is 1. The Hall–Kier alpha value is -0.790. The van der Waals surface area contributed by atoms with Gasteiger partial charge in [-0.2, -0.15) is 0 Å². The molecular weight excluding hydrogens is 397 g/mol. The topological polar surface area (TPSA) is 40.5 Å². The summed E-state index contributed by atoms with van der Waals surface area (Å²) in [7, 11) is 1.70. The Balaban J connectivity index is 2.16. The van der Waals surface area contributed by atoms with E-state index in [0.29, 0.717) is 16.4 Å². The molecule has 100 valence electrons. The molecule has 19 heavy (non-hydrogen) atoms. The third kappa shape index (κ3) is 3.61. The predicted octanol–water partition coefficient (Wildman–Crippen LogP) is 3.98. The van der Waals surface area contributed by atoms with Crippen molar-refractivity contribution in [3.05, 3.63) is 48.7 Å². The average molecular weight is 408 g/mol. The zero-order chi connectivity index (χ0) is 14.0. The summed E-state index contributed by atoms with van der Waals surface area (Å²) in [6.45, 7) is 0.473. The van der Waals surface area contributed by atoms with Crippen molar-refractivity contribution >= 4 is 51.4 Å². The molecule has 0 unspecified atom stereocenters. The quantitative estimate of drug-likeness (QED) is 0.782. The van der Waals surface area contributed by atoms with Crippen LogP contribution in [-0.2, 0) is 6.54 Å². The maximum atomic E-state index is 12.3. The molecule has 1 amide bonds. The molecule has 0 spiro atoms. The maximum absolute atomic E-state index is 12.3. The standard InChI is InChI=1S/C13H11ClINO2S/c1-16(7-9-3-5-12(14)19-9)13(18)10-6-8(15)2-4-11(10)17/h2-6,17H,7H2,1H3. The highest BCUT2D eigenvalue weighted by molar-refractivity contribution is 14.1. The van der Waals surface area contributed by atoms with E-state index in [1.807, 2.05) is 12.1 Å². The molecule has 0 aliphatic rings. The van der Waals surface area contributed by atoms with Crippen LogP contribution in [0.5, 0.6) is 5.75 Å². The van der Waals surface area contributed by atoms with Crippen LogP contribution in [0.25, 0.3) is 0 Å². The van der Waals surface area contributed by atoms with Crippen molar-refractivity contribution < 1.29 is 9.90 Å². The Morgan fingerprint density at radius 3 is 2.79 bits per heavy atom. The summed E-state index contributed by atoms with van der Waals surface area (Å²) in [5, 5.41) is 9.76. The second-order valence-electron chi connectivity index (χ2n) is 4.03. The largest absolute Gasteiger partial charge is 0.507 e. The van der Waals surface area contributed by atoms with Crippen molar-refractivity contribution in [2.75, 3.05) is 7.05 Å². The lowest BCUT2D eigenvalue weighted by Crippen LogP contribution is -2.25. The number of aromatic hydroxyl groups is 1. The molecule has 6 heteroatoms. The van der Waals surface area contributed by atoms with Crippen molar-refractivity contribution in [2.45, 2.75) is 6.54 Å². The molecule has 0 saturated carbocycles. The minimum atomic E-state index is -0.208. The van der Waals surface area contributed by atoms with Crippen LogP contribution in [0.15, 0.2) is 30.3 Å². The van der Waals surface area contributed by atoms with Gasteiger partial charge < -0.3 is 10.0 Å². The third-order valence-electron chi connectivity index (χ3n) is 2.56. The first-order valence-electron chi connectivity index (χ1n) is 5.45. The van der Waals surface area contributed by atoms with Crippen LogP contribution in [0.1, 0.15) is 15.2 Å². The van der Waals surface area contributed by atoms with Gasteiger partial charge in [0, 0.05) is 15.5 Å². The Morgan fingerprint density at radius 2 is 2.16 bits per heavy atom. The van der Waals surface area contributed by atoms with Gasteiger partial charge in [-0.15, -0.1) is 11.3 Å².